The molecule has 0 saturated heterocycles. The van der Waals surface area contributed by atoms with Crippen molar-refractivity contribution in [2.24, 2.45) is 0 Å². The highest BCUT2D eigenvalue weighted by Gasteiger charge is 2.30. The summed E-state index contributed by atoms with van der Waals surface area (Å²) in [4.78, 5) is 16.7. The lowest BCUT2D eigenvalue weighted by molar-refractivity contribution is -0.274. The molecule has 1 aromatic heterocycles. The van der Waals surface area contributed by atoms with Gasteiger partial charge in [0.2, 0.25) is 0 Å². The predicted molar refractivity (Wildman–Crippen MR) is 98.3 cm³/mol. The van der Waals surface area contributed by atoms with Crippen LogP contribution in [0.3, 0.4) is 0 Å². The van der Waals surface area contributed by atoms with Crippen LogP contribution in [0.4, 0.5) is 24.7 Å². The number of benzene rings is 2. The lowest BCUT2D eigenvalue weighted by Gasteiger charge is -2.12. The van der Waals surface area contributed by atoms with Crippen LogP contribution in [0, 0.1) is 0 Å². The maximum Gasteiger partial charge on any atom is 0.573 e. The first-order valence-corrected chi connectivity index (χ1v) is 8.31. The fourth-order valence-electron chi connectivity index (χ4n) is 2.44. The molecule has 0 spiro atoms. The first kappa shape index (κ1) is 19.2. The third-order valence-electron chi connectivity index (χ3n) is 3.70. The van der Waals surface area contributed by atoms with Crippen LogP contribution in [-0.4, -0.2) is 17.3 Å². The molecule has 2 N–H and O–H groups in total. The Balaban J connectivity index is 1.69. The van der Waals surface area contributed by atoms with E-state index in [1.165, 1.54) is 30.5 Å². The van der Waals surface area contributed by atoms with Gasteiger partial charge in [0.25, 0.3) is 5.91 Å². The van der Waals surface area contributed by atoms with E-state index in [4.69, 9.17) is 0 Å². The Bertz CT molecular complexity index is 929. The van der Waals surface area contributed by atoms with Crippen molar-refractivity contribution in [1.82, 2.24) is 10.3 Å². The number of nitrogens with one attached hydrogen (secondary N) is 2. The summed E-state index contributed by atoms with van der Waals surface area (Å²) < 4.78 is 40.5. The molecule has 144 valence electrons. The number of halogens is 3. The van der Waals surface area contributed by atoms with Gasteiger partial charge in [0, 0.05) is 18.4 Å². The van der Waals surface area contributed by atoms with E-state index in [-0.39, 0.29) is 17.5 Å². The molecule has 0 radical (unpaired) electrons. The molecule has 1 heterocycles. The molecular weight excluding hydrogens is 371 g/mol. The first-order chi connectivity index (χ1) is 13.4. The summed E-state index contributed by atoms with van der Waals surface area (Å²) in [7, 11) is 0. The number of anilines is 2. The number of aromatic nitrogens is 1. The second kappa shape index (κ2) is 8.43. The molecule has 0 atom stereocenters. The Morgan fingerprint density at radius 2 is 1.68 bits per heavy atom. The number of rotatable bonds is 6. The van der Waals surface area contributed by atoms with Gasteiger partial charge in [0.05, 0.1) is 5.56 Å². The number of nitrogens with zero attached hydrogens (tertiary/aromatic N) is 1. The highest BCUT2D eigenvalue weighted by molar-refractivity contribution is 5.99. The molecule has 0 unspecified atom stereocenters. The highest BCUT2D eigenvalue weighted by Crippen LogP contribution is 2.25. The minimum atomic E-state index is -4.75. The molecule has 8 heteroatoms. The van der Waals surface area contributed by atoms with Crippen LogP contribution in [0.15, 0.2) is 72.9 Å². The van der Waals surface area contributed by atoms with E-state index in [1.54, 1.807) is 12.1 Å². The van der Waals surface area contributed by atoms with Crippen LogP contribution in [0.1, 0.15) is 15.9 Å². The average molecular weight is 387 g/mol. The lowest BCUT2D eigenvalue weighted by atomic mass is 10.2. The van der Waals surface area contributed by atoms with Crippen LogP contribution >= 0.6 is 0 Å². The number of carbonyl (C=O) groups is 1. The second-order valence-electron chi connectivity index (χ2n) is 5.77. The SMILES string of the molecule is O=C(NCc1ccccc1)c1cccnc1Nc1ccc(OC(F)(F)F)cc1. The molecule has 0 saturated carbocycles. The summed E-state index contributed by atoms with van der Waals surface area (Å²) in [5.41, 5.74) is 1.73. The molecule has 2 aromatic carbocycles. The smallest absolute Gasteiger partial charge is 0.406 e. The number of amides is 1. The second-order valence-corrected chi connectivity index (χ2v) is 5.77. The fraction of sp³-hybridized carbons (Fsp3) is 0.100. The summed E-state index contributed by atoms with van der Waals surface area (Å²) >= 11 is 0. The summed E-state index contributed by atoms with van der Waals surface area (Å²) in [5.74, 6) is -0.367. The third kappa shape index (κ3) is 5.47. The van der Waals surface area contributed by atoms with Crippen LogP contribution in [0.5, 0.6) is 5.75 Å². The summed E-state index contributed by atoms with van der Waals surface area (Å²) in [6.45, 7) is 0.359. The van der Waals surface area contributed by atoms with Gasteiger partial charge < -0.3 is 15.4 Å². The quantitative estimate of drug-likeness (QED) is 0.646. The molecule has 1 amide bonds. The number of hydrogen-bond acceptors (Lipinski definition) is 4. The minimum Gasteiger partial charge on any atom is -0.406 e. The van der Waals surface area contributed by atoms with Crippen molar-refractivity contribution < 1.29 is 22.7 Å². The first-order valence-electron chi connectivity index (χ1n) is 8.31. The van der Waals surface area contributed by atoms with Gasteiger partial charge in [0.15, 0.2) is 0 Å². The number of ether oxygens (including phenoxy) is 1. The minimum absolute atomic E-state index is 0.289. The van der Waals surface area contributed by atoms with Crippen molar-refractivity contribution in [1.29, 1.82) is 0 Å². The highest BCUT2D eigenvalue weighted by atomic mass is 19.4. The molecule has 0 fully saturated rings. The Kier molecular flexibility index (Phi) is 5.78. The average Bonchev–Trinajstić information content (AvgIpc) is 2.68. The predicted octanol–water partition coefficient (Wildman–Crippen LogP) is 4.65. The molecule has 3 rings (SSSR count). The summed E-state index contributed by atoms with van der Waals surface area (Å²) in [5, 5.41) is 5.75. The van der Waals surface area contributed by atoms with Crippen molar-refractivity contribution in [2.75, 3.05) is 5.32 Å². The van der Waals surface area contributed by atoms with Gasteiger partial charge in [-0.2, -0.15) is 0 Å². The zero-order valence-corrected chi connectivity index (χ0v) is 14.5. The van der Waals surface area contributed by atoms with Crippen molar-refractivity contribution in [3.8, 4) is 5.75 Å². The van der Waals surface area contributed by atoms with Crippen LogP contribution in [0.25, 0.3) is 0 Å². The van der Waals surface area contributed by atoms with Crippen molar-refractivity contribution in [3.05, 3.63) is 84.1 Å². The van der Waals surface area contributed by atoms with Gasteiger partial charge in [-0.3, -0.25) is 4.79 Å². The fourth-order valence-corrected chi connectivity index (χ4v) is 2.44. The van der Waals surface area contributed by atoms with Gasteiger partial charge in [0.1, 0.15) is 11.6 Å². The van der Waals surface area contributed by atoms with E-state index >= 15 is 0 Å². The van der Waals surface area contributed by atoms with Crippen molar-refractivity contribution in [2.45, 2.75) is 12.9 Å². The Hall–Kier alpha value is -3.55. The van der Waals surface area contributed by atoms with E-state index in [9.17, 15) is 18.0 Å². The van der Waals surface area contributed by atoms with Crippen LogP contribution in [0.2, 0.25) is 0 Å². The number of pyridine rings is 1. The third-order valence-corrected chi connectivity index (χ3v) is 3.70. The van der Waals surface area contributed by atoms with Gasteiger partial charge in [-0.25, -0.2) is 4.98 Å². The van der Waals surface area contributed by atoms with Gasteiger partial charge in [-0.05, 0) is 42.0 Å². The zero-order valence-electron chi connectivity index (χ0n) is 14.5. The van der Waals surface area contributed by atoms with Crippen molar-refractivity contribution >= 4 is 17.4 Å². The van der Waals surface area contributed by atoms with E-state index in [0.29, 0.717) is 17.8 Å². The molecule has 3 aromatic rings. The number of hydrogen-bond donors (Lipinski definition) is 2. The van der Waals surface area contributed by atoms with E-state index in [2.05, 4.69) is 20.4 Å². The van der Waals surface area contributed by atoms with Gasteiger partial charge in [-0.15, -0.1) is 13.2 Å². The standard InChI is InChI=1S/C20H16F3N3O2/c21-20(22,23)28-16-10-8-15(9-11-16)26-18-17(7-4-12-24-18)19(27)25-13-14-5-2-1-3-6-14/h1-12H,13H2,(H,24,26)(H,25,27). The Labute approximate surface area is 159 Å². The van der Waals surface area contributed by atoms with Crippen LogP contribution < -0.4 is 15.4 Å². The maximum atomic E-state index is 12.5. The molecule has 5 nitrogen and oxygen atoms in total. The molecule has 0 aliphatic rings. The van der Waals surface area contributed by atoms with Crippen LogP contribution in [-0.2, 0) is 6.54 Å². The normalized spacial score (nSPS) is 11.0. The van der Waals surface area contributed by atoms with Crippen molar-refractivity contribution in [3.63, 3.8) is 0 Å². The summed E-state index contributed by atoms with van der Waals surface area (Å²) in [6.07, 6.45) is -3.24. The van der Waals surface area contributed by atoms with E-state index in [1.807, 2.05) is 30.3 Å². The maximum absolute atomic E-state index is 12.5. The Morgan fingerprint density at radius 3 is 2.36 bits per heavy atom. The molecule has 28 heavy (non-hydrogen) atoms. The largest absolute Gasteiger partial charge is 0.573 e. The topological polar surface area (TPSA) is 63.2 Å². The molecule has 0 bridgehead atoms. The number of alkyl halides is 3. The van der Waals surface area contributed by atoms with Gasteiger partial charge >= 0.3 is 6.36 Å². The lowest BCUT2D eigenvalue weighted by Crippen LogP contribution is -2.24. The summed E-state index contributed by atoms with van der Waals surface area (Å²) in [6, 6.07) is 17.8. The number of carbonyl (C=O) groups excluding carboxylic acids is 1. The molecular formula is C20H16F3N3O2. The van der Waals surface area contributed by atoms with E-state index < -0.39 is 6.36 Å². The van der Waals surface area contributed by atoms with Gasteiger partial charge in [-0.1, -0.05) is 30.3 Å². The molecule has 0 aliphatic heterocycles. The molecule has 0 aliphatic carbocycles. The van der Waals surface area contributed by atoms with E-state index in [0.717, 1.165) is 5.56 Å². The zero-order chi connectivity index (χ0) is 20.0. The Morgan fingerprint density at radius 1 is 0.964 bits per heavy atom. The monoisotopic (exact) mass is 387 g/mol.